The average molecular weight is 345 g/mol. The summed E-state index contributed by atoms with van der Waals surface area (Å²) in [7, 11) is 0. The predicted octanol–water partition coefficient (Wildman–Crippen LogP) is 1.45. The molecule has 1 aromatic carbocycles. The van der Waals surface area contributed by atoms with Crippen molar-refractivity contribution in [3.05, 3.63) is 23.8 Å². The van der Waals surface area contributed by atoms with Crippen molar-refractivity contribution in [1.82, 2.24) is 15.1 Å². The van der Waals surface area contributed by atoms with Crippen LogP contribution in [0, 0.1) is 5.92 Å². The molecule has 0 radical (unpaired) electrons. The molecule has 136 valence electrons. The minimum absolute atomic E-state index is 0.0357. The van der Waals surface area contributed by atoms with Crippen LogP contribution in [0.25, 0.3) is 0 Å². The van der Waals surface area contributed by atoms with Crippen molar-refractivity contribution in [3.63, 3.8) is 0 Å². The summed E-state index contributed by atoms with van der Waals surface area (Å²) in [5, 5.41) is 3.10. The second-order valence-electron chi connectivity index (χ2n) is 7.36. The van der Waals surface area contributed by atoms with Crippen LogP contribution in [0.1, 0.15) is 25.3 Å². The first kappa shape index (κ1) is 16.7. The molecule has 6 nitrogen and oxygen atoms in total. The standard InChI is InChI=1S/C19H27N3O3/c1-14(19(23)20-11-15-2-3-15)22-8-6-21(7-9-22)12-16-4-5-17-18(10-16)25-13-24-17/h4-5,10,14-15H,2-3,6-9,11-13H2,1H3,(H,20,23). The highest BCUT2D eigenvalue weighted by molar-refractivity contribution is 5.81. The second kappa shape index (κ2) is 7.22. The fourth-order valence-corrected chi connectivity index (χ4v) is 3.49. The topological polar surface area (TPSA) is 54.0 Å². The van der Waals surface area contributed by atoms with E-state index in [9.17, 15) is 4.79 Å². The quantitative estimate of drug-likeness (QED) is 0.846. The van der Waals surface area contributed by atoms with E-state index in [0.29, 0.717) is 6.79 Å². The maximum absolute atomic E-state index is 12.3. The SMILES string of the molecule is CC(C(=O)NCC1CC1)N1CCN(Cc2ccc3c(c2)OCO3)CC1. The molecule has 25 heavy (non-hydrogen) atoms. The zero-order chi connectivity index (χ0) is 17.2. The molecule has 1 saturated heterocycles. The summed E-state index contributed by atoms with van der Waals surface area (Å²) >= 11 is 0. The Hall–Kier alpha value is -1.79. The Morgan fingerprint density at radius 3 is 2.72 bits per heavy atom. The number of hydrogen-bond donors (Lipinski definition) is 1. The van der Waals surface area contributed by atoms with Crippen LogP contribution in [0.15, 0.2) is 18.2 Å². The number of carbonyl (C=O) groups excluding carboxylic acids is 1. The smallest absolute Gasteiger partial charge is 0.237 e. The Balaban J connectivity index is 1.24. The van der Waals surface area contributed by atoms with Crippen LogP contribution in [0.3, 0.4) is 0 Å². The molecule has 1 amide bonds. The minimum atomic E-state index is -0.0357. The van der Waals surface area contributed by atoms with E-state index >= 15 is 0 Å². The molecule has 1 unspecified atom stereocenters. The lowest BCUT2D eigenvalue weighted by Gasteiger charge is -2.37. The number of rotatable bonds is 6. The van der Waals surface area contributed by atoms with E-state index < -0.39 is 0 Å². The highest BCUT2D eigenvalue weighted by Gasteiger charge is 2.27. The van der Waals surface area contributed by atoms with Crippen molar-refractivity contribution in [2.45, 2.75) is 32.4 Å². The van der Waals surface area contributed by atoms with Gasteiger partial charge in [-0.15, -0.1) is 0 Å². The van der Waals surface area contributed by atoms with E-state index in [2.05, 4.69) is 27.2 Å². The fourth-order valence-electron chi connectivity index (χ4n) is 3.49. The minimum Gasteiger partial charge on any atom is -0.454 e. The van der Waals surface area contributed by atoms with Gasteiger partial charge in [0.1, 0.15) is 0 Å². The van der Waals surface area contributed by atoms with Crippen molar-refractivity contribution < 1.29 is 14.3 Å². The van der Waals surface area contributed by atoms with Crippen molar-refractivity contribution in [2.24, 2.45) is 5.92 Å². The Kier molecular flexibility index (Phi) is 4.81. The van der Waals surface area contributed by atoms with Gasteiger partial charge in [-0.2, -0.15) is 0 Å². The van der Waals surface area contributed by atoms with Crippen LogP contribution in [0.2, 0.25) is 0 Å². The van der Waals surface area contributed by atoms with Gasteiger partial charge in [0.15, 0.2) is 11.5 Å². The summed E-state index contributed by atoms with van der Waals surface area (Å²) in [6.07, 6.45) is 2.54. The van der Waals surface area contributed by atoms with E-state index in [0.717, 1.165) is 56.7 Å². The molecule has 1 saturated carbocycles. The Bertz CT molecular complexity index is 624. The van der Waals surface area contributed by atoms with E-state index in [1.807, 2.05) is 13.0 Å². The van der Waals surface area contributed by atoms with Gasteiger partial charge in [-0.25, -0.2) is 0 Å². The third kappa shape index (κ3) is 4.07. The number of ether oxygens (including phenoxy) is 2. The summed E-state index contributed by atoms with van der Waals surface area (Å²) in [6.45, 7) is 7.93. The lowest BCUT2D eigenvalue weighted by molar-refractivity contribution is -0.126. The molecule has 1 N–H and O–H groups in total. The highest BCUT2D eigenvalue weighted by atomic mass is 16.7. The van der Waals surface area contributed by atoms with Gasteiger partial charge in [0.05, 0.1) is 6.04 Å². The summed E-state index contributed by atoms with van der Waals surface area (Å²) in [5.41, 5.74) is 1.24. The third-order valence-electron chi connectivity index (χ3n) is 5.44. The Morgan fingerprint density at radius 1 is 1.20 bits per heavy atom. The third-order valence-corrected chi connectivity index (χ3v) is 5.44. The van der Waals surface area contributed by atoms with E-state index in [1.165, 1.54) is 18.4 Å². The largest absolute Gasteiger partial charge is 0.454 e. The summed E-state index contributed by atoms with van der Waals surface area (Å²) in [4.78, 5) is 17.0. The highest BCUT2D eigenvalue weighted by Crippen LogP contribution is 2.33. The first-order chi connectivity index (χ1) is 12.2. The lowest BCUT2D eigenvalue weighted by Crippen LogP contribution is -2.53. The molecule has 6 heteroatoms. The second-order valence-corrected chi connectivity index (χ2v) is 7.36. The molecule has 0 spiro atoms. The van der Waals surface area contributed by atoms with Crippen molar-refractivity contribution >= 4 is 5.91 Å². The number of amides is 1. The van der Waals surface area contributed by atoms with E-state index in [1.54, 1.807) is 0 Å². The molecule has 3 aliphatic rings. The number of nitrogens with zero attached hydrogens (tertiary/aromatic N) is 2. The number of carbonyl (C=O) groups is 1. The van der Waals surface area contributed by atoms with Crippen molar-refractivity contribution in [1.29, 1.82) is 0 Å². The van der Waals surface area contributed by atoms with Gasteiger partial charge in [-0.05, 0) is 43.4 Å². The van der Waals surface area contributed by atoms with Gasteiger partial charge in [0.25, 0.3) is 0 Å². The first-order valence-electron chi connectivity index (χ1n) is 9.31. The van der Waals surface area contributed by atoms with Gasteiger partial charge in [0.2, 0.25) is 12.7 Å². The molecule has 1 atom stereocenters. The lowest BCUT2D eigenvalue weighted by atomic mass is 10.1. The molecule has 0 aromatic heterocycles. The van der Waals surface area contributed by atoms with E-state index in [4.69, 9.17) is 9.47 Å². The van der Waals surface area contributed by atoms with Crippen molar-refractivity contribution in [2.75, 3.05) is 39.5 Å². The number of fused-ring (bicyclic) bond motifs is 1. The van der Waals surface area contributed by atoms with Gasteiger partial charge in [-0.3, -0.25) is 14.6 Å². The molecule has 1 aliphatic carbocycles. The maximum atomic E-state index is 12.3. The molecule has 4 rings (SSSR count). The van der Waals surface area contributed by atoms with Crippen LogP contribution in [0.5, 0.6) is 11.5 Å². The molecule has 0 bridgehead atoms. The molecule has 1 aromatic rings. The van der Waals surface area contributed by atoms with Crippen LogP contribution < -0.4 is 14.8 Å². The Labute approximate surface area is 149 Å². The normalized spacial score (nSPS) is 22.0. The van der Waals surface area contributed by atoms with Gasteiger partial charge >= 0.3 is 0 Å². The molecular weight excluding hydrogens is 318 g/mol. The molecule has 2 aliphatic heterocycles. The zero-order valence-corrected chi connectivity index (χ0v) is 14.9. The molecule has 2 heterocycles. The van der Waals surface area contributed by atoms with Crippen LogP contribution in [0.4, 0.5) is 0 Å². The summed E-state index contributed by atoms with van der Waals surface area (Å²) in [5.74, 6) is 2.59. The number of nitrogens with one attached hydrogen (secondary N) is 1. The van der Waals surface area contributed by atoms with Crippen molar-refractivity contribution in [3.8, 4) is 11.5 Å². The number of piperazine rings is 1. The molecule has 2 fully saturated rings. The predicted molar refractivity (Wildman–Crippen MR) is 94.6 cm³/mol. The van der Waals surface area contributed by atoms with Gasteiger partial charge < -0.3 is 14.8 Å². The van der Waals surface area contributed by atoms with Gasteiger partial charge in [-0.1, -0.05) is 6.07 Å². The summed E-state index contributed by atoms with van der Waals surface area (Å²) in [6, 6.07) is 6.13. The Morgan fingerprint density at radius 2 is 1.96 bits per heavy atom. The molecular formula is C19H27N3O3. The monoisotopic (exact) mass is 345 g/mol. The summed E-state index contributed by atoms with van der Waals surface area (Å²) < 4.78 is 10.8. The van der Waals surface area contributed by atoms with Crippen LogP contribution >= 0.6 is 0 Å². The number of benzene rings is 1. The van der Waals surface area contributed by atoms with Crippen LogP contribution in [-0.4, -0.2) is 61.3 Å². The average Bonchev–Trinajstić information content (AvgIpc) is 3.35. The van der Waals surface area contributed by atoms with E-state index in [-0.39, 0.29) is 11.9 Å². The number of hydrogen-bond acceptors (Lipinski definition) is 5. The first-order valence-corrected chi connectivity index (χ1v) is 9.31. The van der Waals surface area contributed by atoms with Gasteiger partial charge in [0, 0.05) is 39.3 Å². The zero-order valence-electron chi connectivity index (χ0n) is 14.9. The maximum Gasteiger partial charge on any atom is 0.237 e. The van der Waals surface area contributed by atoms with Crippen LogP contribution in [-0.2, 0) is 11.3 Å². The fraction of sp³-hybridized carbons (Fsp3) is 0.632.